The van der Waals surface area contributed by atoms with Crippen molar-refractivity contribution in [2.24, 2.45) is 11.7 Å². The summed E-state index contributed by atoms with van der Waals surface area (Å²) in [6.07, 6.45) is 0. The van der Waals surface area contributed by atoms with Crippen molar-refractivity contribution in [2.75, 3.05) is 0 Å². The summed E-state index contributed by atoms with van der Waals surface area (Å²) in [5.41, 5.74) is 7.61. The SMILES string of the molecule is Cc1cc([C@H](N)C(C)C)c(Br)cc1F. The van der Waals surface area contributed by atoms with Crippen molar-refractivity contribution in [3.8, 4) is 0 Å². The molecule has 0 aliphatic rings. The van der Waals surface area contributed by atoms with Crippen molar-refractivity contribution in [1.29, 1.82) is 0 Å². The maximum absolute atomic E-state index is 13.2. The van der Waals surface area contributed by atoms with Gasteiger partial charge in [0.2, 0.25) is 0 Å². The van der Waals surface area contributed by atoms with Crippen LogP contribution < -0.4 is 5.73 Å². The molecule has 0 saturated heterocycles. The van der Waals surface area contributed by atoms with Crippen molar-refractivity contribution in [1.82, 2.24) is 0 Å². The molecule has 0 fully saturated rings. The average Bonchev–Trinajstić information content (AvgIpc) is 2.10. The van der Waals surface area contributed by atoms with Gasteiger partial charge < -0.3 is 5.73 Å². The smallest absolute Gasteiger partial charge is 0.127 e. The molecule has 0 aliphatic carbocycles. The highest BCUT2D eigenvalue weighted by Crippen LogP contribution is 2.28. The number of aryl methyl sites for hydroxylation is 1. The lowest BCUT2D eigenvalue weighted by molar-refractivity contribution is 0.510. The fraction of sp³-hybridized carbons (Fsp3) is 0.455. The van der Waals surface area contributed by atoms with E-state index in [4.69, 9.17) is 5.73 Å². The first-order valence-corrected chi connectivity index (χ1v) is 5.44. The van der Waals surface area contributed by atoms with Crippen molar-refractivity contribution < 1.29 is 4.39 Å². The molecule has 0 heterocycles. The Balaban J connectivity index is 3.15. The van der Waals surface area contributed by atoms with Gasteiger partial charge in [-0.1, -0.05) is 35.8 Å². The average molecular weight is 260 g/mol. The monoisotopic (exact) mass is 259 g/mol. The van der Waals surface area contributed by atoms with Gasteiger partial charge in [0.1, 0.15) is 5.82 Å². The van der Waals surface area contributed by atoms with Crippen LogP contribution >= 0.6 is 15.9 Å². The van der Waals surface area contributed by atoms with E-state index in [1.807, 2.05) is 6.07 Å². The van der Waals surface area contributed by atoms with Crippen LogP contribution in [0.25, 0.3) is 0 Å². The van der Waals surface area contributed by atoms with E-state index in [2.05, 4.69) is 29.8 Å². The Bertz CT molecular complexity index is 336. The van der Waals surface area contributed by atoms with Gasteiger partial charge in [0, 0.05) is 10.5 Å². The van der Waals surface area contributed by atoms with Crippen LogP contribution in [0.5, 0.6) is 0 Å². The van der Waals surface area contributed by atoms with Crippen molar-refractivity contribution in [3.63, 3.8) is 0 Å². The predicted octanol–water partition coefficient (Wildman–Crippen LogP) is 3.55. The summed E-state index contributed by atoms with van der Waals surface area (Å²) >= 11 is 3.33. The summed E-state index contributed by atoms with van der Waals surface area (Å²) in [4.78, 5) is 0. The first kappa shape index (κ1) is 11.7. The first-order chi connectivity index (χ1) is 6.43. The zero-order valence-corrected chi connectivity index (χ0v) is 10.2. The van der Waals surface area contributed by atoms with E-state index in [1.165, 1.54) is 6.07 Å². The van der Waals surface area contributed by atoms with E-state index < -0.39 is 0 Å². The highest BCUT2D eigenvalue weighted by molar-refractivity contribution is 9.10. The Morgan fingerprint density at radius 1 is 1.36 bits per heavy atom. The van der Waals surface area contributed by atoms with Gasteiger partial charge in [-0.05, 0) is 30.0 Å². The van der Waals surface area contributed by atoms with Crippen LogP contribution in [0.3, 0.4) is 0 Å². The first-order valence-electron chi connectivity index (χ1n) is 4.64. The fourth-order valence-corrected chi connectivity index (χ4v) is 1.87. The second kappa shape index (κ2) is 4.41. The number of nitrogens with two attached hydrogens (primary N) is 1. The van der Waals surface area contributed by atoms with Gasteiger partial charge in [-0.3, -0.25) is 0 Å². The topological polar surface area (TPSA) is 26.0 Å². The Hall–Kier alpha value is -0.410. The normalized spacial score (nSPS) is 13.4. The number of benzene rings is 1. The van der Waals surface area contributed by atoms with Crippen LogP contribution in [0.1, 0.15) is 31.0 Å². The summed E-state index contributed by atoms with van der Waals surface area (Å²) in [5.74, 6) is 0.146. The third-order valence-electron chi connectivity index (χ3n) is 2.36. The Kier molecular flexibility index (Phi) is 3.67. The lowest BCUT2D eigenvalue weighted by atomic mass is 9.96. The second-order valence-corrected chi connectivity index (χ2v) is 4.75. The van der Waals surface area contributed by atoms with Crippen molar-refractivity contribution in [3.05, 3.63) is 33.5 Å². The molecule has 1 rings (SSSR count). The molecule has 1 nitrogen and oxygen atoms in total. The van der Waals surface area contributed by atoms with Crippen LogP contribution in [0.15, 0.2) is 16.6 Å². The van der Waals surface area contributed by atoms with Crippen LogP contribution in [0.2, 0.25) is 0 Å². The number of halogens is 2. The van der Waals surface area contributed by atoms with Crippen molar-refractivity contribution in [2.45, 2.75) is 26.8 Å². The van der Waals surface area contributed by atoms with Crippen LogP contribution in [0.4, 0.5) is 4.39 Å². The maximum Gasteiger partial charge on any atom is 0.127 e. The molecule has 1 atom stereocenters. The van der Waals surface area contributed by atoms with Crippen LogP contribution in [-0.2, 0) is 0 Å². The molecule has 0 radical (unpaired) electrons. The maximum atomic E-state index is 13.2. The molecule has 1 aromatic carbocycles. The highest BCUT2D eigenvalue weighted by Gasteiger charge is 2.15. The molecule has 0 amide bonds. The molecule has 0 aliphatic heterocycles. The molecule has 0 spiro atoms. The highest BCUT2D eigenvalue weighted by atomic mass is 79.9. The van der Waals surface area contributed by atoms with Gasteiger partial charge in [-0.15, -0.1) is 0 Å². The van der Waals surface area contributed by atoms with E-state index in [0.717, 1.165) is 10.0 Å². The van der Waals surface area contributed by atoms with Gasteiger partial charge in [0.05, 0.1) is 0 Å². The minimum atomic E-state index is -0.198. The number of hydrogen-bond donors (Lipinski definition) is 1. The van der Waals surface area contributed by atoms with Gasteiger partial charge >= 0.3 is 0 Å². The van der Waals surface area contributed by atoms with Gasteiger partial charge in [-0.25, -0.2) is 4.39 Å². The molecule has 0 saturated carbocycles. The molecule has 14 heavy (non-hydrogen) atoms. The van der Waals surface area contributed by atoms with Crippen LogP contribution in [-0.4, -0.2) is 0 Å². The zero-order chi connectivity index (χ0) is 10.9. The largest absolute Gasteiger partial charge is 0.324 e. The summed E-state index contributed by atoms with van der Waals surface area (Å²) in [5, 5.41) is 0. The Labute approximate surface area is 92.6 Å². The predicted molar refractivity (Wildman–Crippen MR) is 60.6 cm³/mol. The quantitative estimate of drug-likeness (QED) is 0.864. The van der Waals surface area contributed by atoms with E-state index in [0.29, 0.717) is 11.5 Å². The molecule has 0 unspecified atom stereocenters. The van der Waals surface area contributed by atoms with Gasteiger partial charge in [-0.2, -0.15) is 0 Å². The number of rotatable bonds is 2. The minimum Gasteiger partial charge on any atom is -0.324 e. The number of hydrogen-bond acceptors (Lipinski definition) is 1. The third kappa shape index (κ3) is 2.34. The molecule has 78 valence electrons. The van der Waals surface area contributed by atoms with Crippen molar-refractivity contribution >= 4 is 15.9 Å². The fourth-order valence-electron chi connectivity index (χ4n) is 1.29. The van der Waals surface area contributed by atoms with E-state index in [9.17, 15) is 4.39 Å². The summed E-state index contributed by atoms with van der Waals surface area (Å²) < 4.78 is 13.9. The molecule has 2 N–H and O–H groups in total. The summed E-state index contributed by atoms with van der Waals surface area (Å²) in [7, 11) is 0. The molecular formula is C11H15BrFN. The van der Waals surface area contributed by atoms with E-state index in [1.54, 1.807) is 6.92 Å². The Morgan fingerprint density at radius 3 is 2.43 bits per heavy atom. The van der Waals surface area contributed by atoms with E-state index in [-0.39, 0.29) is 11.9 Å². The van der Waals surface area contributed by atoms with Gasteiger partial charge in [0.25, 0.3) is 0 Å². The third-order valence-corrected chi connectivity index (χ3v) is 3.04. The summed E-state index contributed by atoms with van der Waals surface area (Å²) in [6, 6.07) is 3.24. The van der Waals surface area contributed by atoms with Gasteiger partial charge in [0.15, 0.2) is 0 Å². The molecule has 0 bridgehead atoms. The standard InChI is InChI=1S/C11H15BrFN/c1-6(2)11(14)8-4-7(3)10(13)5-9(8)12/h4-6,11H,14H2,1-3H3/t11-/m1/s1. The molecule has 1 aromatic rings. The van der Waals surface area contributed by atoms with Crippen LogP contribution in [0, 0.1) is 18.7 Å². The summed E-state index contributed by atoms with van der Waals surface area (Å²) in [6.45, 7) is 5.85. The molecular weight excluding hydrogens is 245 g/mol. The lowest BCUT2D eigenvalue weighted by Crippen LogP contribution is -2.17. The second-order valence-electron chi connectivity index (χ2n) is 3.89. The lowest BCUT2D eigenvalue weighted by Gasteiger charge is -2.18. The molecule has 0 aromatic heterocycles. The molecule has 3 heteroatoms. The van der Waals surface area contributed by atoms with E-state index >= 15 is 0 Å². The minimum absolute atomic E-state index is 0.0522. The Morgan fingerprint density at radius 2 is 1.93 bits per heavy atom. The zero-order valence-electron chi connectivity index (χ0n) is 8.64.